The predicted octanol–water partition coefficient (Wildman–Crippen LogP) is 5.93. The van der Waals surface area contributed by atoms with Gasteiger partial charge in [-0.2, -0.15) is 0 Å². The maximum absolute atomic E-state index is 11.1. The molecule has 3 N–H and O–H groups in total. The van der Waals surface area contributed by atoms with Crippen LogP contribution >= 0.6 is 15.9 Å². The van der Waals surface area contributed by atoms with E-state index in [1.165, 1.54) is 5.56 Å². The Hall–Kier alpha value is -3.42. The fourth-order valence-electron chi connectivity index (χ4n) is 4.00. The number of carboxylic acids is 1. The van der Waals surface area contributed by atoms with Crippen molar-refractivity contribution in [2.45, 2.75) is 19.3 Å². The van der Waals surface area contributed by atoms with E-state index in [0.717, 1.165) is 45.2 Å². The number of carbonyl (C=O) groups is 1. The summed E-state index contributed by atoms with van der Waals surface area (Å²) in [6, 6.07) is 21.6. The van der Waals surface area contributed by atoms with Gasteiger partial charge in [0.25, 0.3) is 0 Å². The first-order valence-corrected chi connectivity index (χ1v) is 12.2. The number of nitrogens with zero attached hydrogens (tertiary/aromatic N) is 2. The molecular weight excluding hydrogens is 506 g/mol. The zero-order chi connectivity index (χ0) is 24.9. The van der Waals surface area contributed by atoms with Gasteiger partial charge in [0.2, 0.25) is 0 Å². The highest BCUT2D eigenvalue weighted by Crippen LogP contribution is 2.33. The minimum atomic E-state index is -0.835. The average Bonchev–Trinajstić information content (AvgIpc) is 3.15. The van der Waals surface area contributed by atoms with E-state index in [-0.39, 0.29) is 12.3 Å². The van der Waals surface area contributed by atoms with Crippen LogP contribution in [0.2, 0.25) is 0 Å². The van der Waals surface area contributed by atoms with Crippen LogP contribution in [-0.2, 0) is 17.6 Å². The lowest BCUT2D eigenvalue weighted by molar-refractivity contribution is -0.136. The Labute approximate surface area is 213 Å². The lowest BCUT2D eigenvalue weighted by Crippen LogP contribution is -2.14. The monoisotopic (exact) mass is 533 g/mol. The molecule has 0 radical (unpaired) electrons. The number of fused-ring (bicyclic) bond motifs is 1. The van der Waals surface area contributed by atoms with Crippen molar-refractivity contribution in [3.8, 4) is 5.88 Å². The van der Waals surface area contributed by atoms with E-state index in [0.29, 0.717) is 17.7 Å². The second-order valence-electron chi connectivity index (χ2n) is 8.81. The molecule has 6 nitrogen and oxygen atoms in total. The molecule has 0 spiro atoms. The maximum atomic E-state index is 11.1. The third kappa shape index (κ3) is 6.18. The Morgan fingerprint density at radius 3 is 2.49 bits per heavy atom. The van der Waals surface area contributed by atoms with Gasteiger partial charge in [-0.3, -0.25) is 4.79 Å². The molecule has 180 valence electrons. The average molecular weight is 534 g/mol. The van der Waals surface area contributed by atoms with Gasteiger partial charge in [-0.1, -0.05) is 52.3 Å². The molecule has 0 aliphatic carbocycles. The number of aromatic nitrogens is 1. The number of halogens is 1. The summed E-state index contributed by atoms with van der Waals surface area (Å²) in [5.41, 5.74) is 5.74. The molecule has 3 aromatic carbocycles. The van der Waals surface area contributed by atoms with Crippen LogP contribution in [0.1, 0.15) is 28.7 Å². The van der Waals surface area contributed by atoms with Crippen LogP contribution in [0, 0.1) is 0 Å². The highest BCUT2D eigenvalue weighted by Gasteiger charge is 2.19. The summed E-state index contributed by atoms with van der Waals surface area (Å²) in [6.07, 6.45) is 1.42. The van der Waals surface area contributed by atoms with E-state index in [9.17, 15) is 9.90 Å². The van der Waals surface area contributed by atoms with Gasteiger partial charge in [0, 0.05) is 28.4 Å². The summed E-state index contributed by atoms with van der Waals surface area (Å²) < 4.78 is 0.903. The van der Waals surface area contributed by atoms with Crippen LogP contribution in [-0.4, -0.2) is 52.4 Å². The second kappa shape index (κ2) is 10.9. The van der Waals surface area contributed by atoms with Crippen molar-refractivity contribution in [3.63, 3.8) is 0 Å². The number of aromatic hydroxyl groups is 1. The number of likely N-dealkylation sites (N-methyl/N-ethyl adjacent to an activating group) is 1. The zero-order valence-corrected chi connectivity index (χ0v) is 21.3. The Bertz CT molecular complexity index is 1370. The fraction of sp³-hybridized carbons (Fsp3) is 0.214. The number of aromatic amines is 1. The molecule has 0 amide bonds. The summed E-state index contributed by atoms with van der Waals surface area (Å²) >= 11 is 3.49. The number of aliphatic imine (C=N–C) groups is 1. The van der Waals surface area contributed by atoms with Crippen molar-refractivity contribution in [2.75, 3.05) is 20.6 Å². The van der Waals surface area contributed by atoms with Crippen molar-refractivity contribution in [2.24, 2.45) is 4.99 Å². The minimum absolute atomic E-state index is 0.0374. The molecule has 0 aliphatic rings. The quantitative estimate of drug-likeness (QED) is 0.233. The van der Waals surface area contributed by atoms with E-state index in [1.54, 1.807) is 0 Å². The van der Waals surface area contributed by atoms with Crippen molar-refractivity contribution in [3.05, 3.63) is 93.5 Å². The first-order chi connectivity index (χ1) is 16.8. The fourth-order valence-corrected chi connectivity index (χ4v) is 4.37. The van der Waals surface area contributed by atoms with Gasteiger partial charge >= 0.3 is 5.97 Å². The number of rotatable bonds is 9. The van der Waals surface area contributed by atoms with Crippen molar-refractivity contribution >= 4 is 44.2 Å². The van der Waals surface area contributed by atoms with E-state index < -0.39 is 5.97 Å². The summed E-state index contributed by atoms with van der Waals surface area (Å²) in [4.78, 5) is 21.3. The summed E-state index contributed by atoms with van der Waals surface area (Å²) in [7, 11) is 4.11. The van der Waals surface area contributed by atoms with E-state index in [4.69, 9.17) is 10.1 Å². The van der Waals surface area contributed by atoms with E-state index in [2.05, 4.69) is 52.0 Å². The van der Waals surface area contributed by atoms with Gasteiger partial charge in [0.15, 0.2) is 5.88 Å². The summed E-state index contributed by atoms with van der Waals surface area (Å²) in [6.45, 7) is 0.968. The third-order valence-corrected chi connectivity index (χ3v) is 6.32. The number of carboxylic acid groups (broad SMARTS) is 1. The van der Waals surface area contributed by atoms with E-state index in [1.807, 2.05) is 54.6 Å². The highest BCUT2D eigenvalue weighted by molar-refractivity contribution is 9.10. The molecule has 4 aromatic rings. The van der Waals surface area contributed by atoms with Crippen LogP contribution < -0.4 is 0 Å². The Morgan fingerprint density at radius 2 is 1.77 bits per heavy atom. The lowest BCUT2D eigenvalue weighted by atomic mass is 9.97. The second-order valence-corrected chi connectivity index (χ2v) is 9.73. The van der Waals surface area contributed by atoms with Crippen LogP contribution in [0.15, 0.2) is 76.2 Å². The zero-order valence-electron chi connectivity index (χ0n) is 19.8. The molecule has 0 atom stereocenters. The molecule has 1 aromatic heterocycles. The van der Waals surface area contributed by atoms with Gasteiger partial charge in [-0.15, -0.1) is 0 Å². The lowest BCUT2D eigenvalue weighted by Gasteiger charge is -2.11. The third-order valence-electron chi connectivity index (χ3n) is 5.83. The van der Waals surface area contributed by atoms with Gasteiger partial charge in [0.05, 0.1) is 22.5 Å². The van der Waals surface area contributed by atoms with Crippen molar-refractivity contribution in [1.82, 2.24) is 9.88 Å². The van der Waals surface area contributed by atoms with Crippen LogP contribution in [0.3, 0.4) is 0 Å². The number of benzene rings is 3. The molecule has 35 heavy (non-hydrogen) atoms. The largest absolute Gasteiger partial charge is 0.494 e. The number of nitrogens with one attached hydrogen (secondary N) is 1. The molecule has 0 bridgehead atoms. The first-order valence-electron chi connectivity index (χ1n) is 11.4. The predicted molar refractivity (Wildman–Crippen MR) is 144 cm³/mol. The molecule has 7 heteroatoms. The topological polar surface area (TPSA) is 88.9 Å². The number of aryl methyl sites for hydroxylation is 1. The summed E-state index contributed by atoms with van der Waals surface area (Å²) in [5.74, 6) is -0.797. The van der Waals surface area contributed by atoms with Gasteiger partial charge in [-0.05, 0) is 68.4 Å². The SMILES string of the molecule is CN(C)CCc1ccc(N=C(c2cccc(CCC(=O)O)c2)c2c(O)[nH]c3cc(Br)ccc23)cc1. The molecule has 4 rings (SSSR count). The Balaban J connectivity index is 1.80. The smallest absolute Gasteiger partial charge is 0.303 e. The molecule has 1 heterocycles. The number of aliphatic carboxylic acids is 1. The van der Waals surface area contributed by atoms with Gasteiger partial charge < -0.3 is 20.1 Å². The number of H-pyrrole nitrogens is 1. The standard InChI is InChI=1S/C28H28BrN3O3/c1-32(2)15-14-18-6-10-22(11-7-18)30-27(20-5-3-4-19(16-20)8-13-25(33)34)26-23-12-9-21(29)17-24(23)31-28(26)35/h3-7,9-12,16-17,31,35H,8,13-15H2,1-2H3,(H,33,34). The normalized spacial score (nSPS) is 11.9. The Morgan fingerprint density at radius 1 is 1.00 bits per heavy atom. The van der Waals surface area contributed by atoms with Crippen molar-refractivity contribution < 1.29 is 15.0 Å². The summed E-state index contributed by atoms with van der Waals surface area (Å²) in [5, 5.41) is 20.9. The minimum Gasteiger partial charge on any atom is -0.494 e. The molecule has 0 unspecified atom stereocenters. The molecule has 0 saturated heterocycles. The molecule has 0 aliphatic heterocycles. The molecule has 0 fully saturated rings. The van der Waals surface area contributed by atoms with Crippen LogP contribution in [0.25, 0.3) is 10.9 Å². The molecule has 0 saturated carbocycles. The van der Waals surface area contributed by atoms with Gasteiger partial charge in [-0.25, -0.2) is 4.99 Å². The maximum Gasteiger partial charge on any atom is 0.303 e. The first kappa shape index (κ1) is 24.7. The van der Waals surface area contributed by atoms with Crippen LogP contribution in [0.4, 0.5) is 5.69 Å². The van der Waals surface area contributed by atoms with Gasteiger partial charge in [0.1, 0.15) is 0 Å². The Kier molecular flexibility index (Phi) is 7.68. The number of hydrogen-bond donors (Lipinski definition) is 3. The highest BCUT2D eigenvalue weighted by atomic mass is 79.9. The number of hydrogen-bond acceptors (Lipinski definition) is 4. The van der Waals surface area contributed by atoms with Crippen molar-refractivity contribution in [1.29, 1.82) is 0 Å². The van der Waals surface area contributed by atoms with Crippen LogP contribution in [0.5, 0.6) is 5.88 Å². The van der Waals surface area contributed by atoms with E-state index >= 15 is 0 Å². The molecular formula is C28H28BrN3O3.